The van der Waals surface area contributed by atoms with Crippen molar-refractivity contribution in [3.63, 3.8) is 0 Å². The van der Waals surface area contributed by atoms with Crippen LogP contribution in [0.25, 0.3) is 17.2 Å². The first-order valence-corrected chi connectivity index (χ1v) is 8.36. The van der Waals surface area contributed by atoms with Crippen LogP contribution in [0.1, 0.15) is 28.7 Å². The van der Waals surface area contributed by atoms with Gasteiger partial charge in [0, 0.05) is 10.9 Å². The lowest BCUT2D eigenvalue weighted by molar-refractivity contribution is 0.912. The largest absolute Gasteiger partial charge is 0.122 e. The second-order valence-corrected chi connectivity index (χ2v) is 6.64. The number of aryl methyl sites for hydroxylation is 1. The predicted molar refractivity (Wildman–Crippen MR) is 91.3 cm³/mol. The van der Waals surface area contributed by atoms with Gasteiger partial charge in [-0.05, 0) is 71.2 Å². The smallest absolute Gasteiger partial charge is 0.0440 e. The van der Waals surface area contributed by atoms with Crippen LogP contribution in [0.3, 0.4) is 0 Å². The number of hydrogen-bond donors (Lipinski definition) is 0. The third-order valence-corrected chi connectivity index (χ3v) is 5.19. The van der Waals surface area contributed by atoms with Gasteiger partial charge in [-0.25, -0.2) is 0 Å². The highest BCUT2D eigenvalue weighted by Gasteiger charge is 2.24. The summed E-state index contributed by atoms with van der Waals surface area (Å²) in [5.41, 5.74) is 9.90. The van der Waals surface area contributed by atoms with E-state index in [2.05, 4.69) is 24.3 Å². The highest BCUT2D eigenvalue weighted by atomic mass is 35.5. The zero-order valence-electron chi connectivity index (χ0n) is 11.8. The lowest BCUT2D eigenvalue weighted by atomic mass is 9.90. The van der Waals surface area contributed by atoms with Gasteiger partial charge in [0.15, 0.2) is 0 Å². The second kappa shape index (κ2) is 5.19. The van der Waals surface area contributed by atoms with E-state index in [9.17, 15) is 0 Å². The molecule has 0 saturated heterocycles. The van der Waals surface area contributed by atoms with Gasteiger partial charge in [-0.3, -0.25) is 0 Å². The molecule has 0 heterocycles. The molecule has 0 unspecified atom stereocenters. The molecule has 0 fully saturated rings. The SMILES string of the molecule is ClCC1=Cc2c(cc3c(c2-c2ccc(Cl)cc2)CCC3)C1. The minimum Gasteiger partial charge on any atom is -0.122 e. The lowest BCUT2D eigenvalue weighted by Gasteiger charge is -2.15. The second-order valence-electron chi connectivity index (χ2n) is 5.94. The number of halogens is 2. The molecule has 2 aromatic rings. The molecule has 0 radical (unpaired) electrons. The fraction of sp³-hybridized carbons (Fsp3) is 0.263. The van der Waals surface area contributed by atoms with Gasteiger partial charge in [0.05, 0.1) is 0 Å². The van der Waals surface area contributed by atoms with Gasteiger partial charge in [0.1, 0.15) is 0 Å². The number of allylic oxidation sites excluding steroid dienone is 1. The number of hydrogen-bond acceptors (Lipinski definition) is 0. The normalized spacial score (nSPS) is 15.8. The Balaban J connectivity index is 1.97. The van der Waals surface area contributed by atoms with Crippen molar-refractivity contribution < 1.29 is 0 Å². The Morgan fingerprint density at radius 3 is 2.57 bits per heavy atom. The molecule has 106 valence electrons. The lowest BCUT2D eigenvalue weighted by Crippen LogP contribution is -1.96. The van der Waals surface area contributed by atoms with E-state index < -0.39 is 0 Å². The molecule has 0 bridgehead atoms. The monoisotopic (exact) mass is 314 g/mol. The van der Waals surface area contributed by atoms with Crippen molar-refractivity contribution >= 4 is 29.3 Å². The molecule has 0 N–H and O–H groups in total. The van der Waals surface area contributed by atoms with Crippen LogP contribution in [0.15, 0.2) is 35.9 Å². The molecule has 0 spiro atoms. The van der Waals surface area contributed by atoms with Crippen molar-refractivity contribution in [3.8, 4) is 11.1 Å². The van der Waals surface area contributed by atoms with E-state index in [-0.39, 0.29) is 0 Å². The average molecular weight is 315 g/mol. The Hall–Kier alpha value is -1.24. The van der Waals surface area contributed by atoms with Crippen LogP contribution >= 0.6 is 23.2 Å². The van der Waals surface area contributed by atoms with Crippen molar-refractivity contribution in [3.05, 3.63) is 63.2 Å². The molecule has 0 nitrogen and oxygen atoms in total. The molecule has 0 saturated carbocycles. The molecule has 0 atom stereocenters. The number of rotatable bonds is 2. The van der Waals surface area contributed by atoms with Crippen molar-refractivity contribution in [2.75, 3.05) is 5.88 Å². The van der Waals surface area contributed by atoms with Gasteiger partial charge >= 0.3 is 0 Å². The first-order valence-electron chi connectivity index (χ1n) is 7.45. The Morgan fingerprint density at radius 2 is 1.81 bits per heavy atom. The van der Waals surface area contributed by atoms with Crippen LogP contribution < -0.4 is 0 Å². The molecular formula is C19H16Cl2. The molecular weight excluding hydrogens is 299 g/mol. The fourth-order valence-electron chi connectivity index (χ4n) is 3.67. The summed E-state index contributed by atoms with van der Waals surface area (Å²) in [4.78, 5) is 0. The van der Waals surface area contributed by atoms with Crippen LogP contribution in [0.2, 0.25) is 5.02 Å². The molecule has 2 aliphatic carbocycles. The van der Waals surface area contributed by atoms with E-state index in [1.54, 1.807) is 0 Å². The number of fused-ring (bicyclic) bond motifs is 2. The molecule has 2 aliphatic rings. The van der Waals surface area contributed by atoms with Gasteiger partial charge in [-0.2, -0.15) is 0 Å². The summed E-state index contributed by atoms with van der Waals surface area (Å²) in [6, 6.07) is 10.7. The van der Waals surface area contributed by atoms with Crippen molar-refractivity contribution in [2.45, 2.75) is 25.7 Å². The van der Waals surface area contributed by atoms with Crippen molar-refractivity contribution in [2.24, 2.45) is 0 Å². The standard InChI is InChI=1S/C19H16Cl2/c20-11-12-8-15-10-14-2-1-3-17(14)19(18(15)9-12)13-4-6-16(21)7-5-13/h4-7,9-10H,1-3,8,11H2. The first kappa shape index (κ1) is 13.4. The molecule has 2 heteroatoms. The molecule has 4 rings (SSSR count). The van der Waals surface area contributed by atoms with E-state index in [4.69, 9.17) is 23.2 Å². The molecule has 0 aromatic heterocycles. The topological polar surface area (TPSA) is 0 Å². The van der Waals surface area contributed by atoms with E-state index in [0.29, 0.717) is 5.88 Å². The van der Waals surface area contributed by atoms with Crippen LogP contribution in [-0.4, -0.2) is 5.88 Å². The Bertz CT molecular complexity index is 739. The highest BCUT2D eigenvalue weighted by Crippen LogP contribution is 2.42. The van der Waals surface area contributed by atoms with Gasteiger partial charge in [-0.15, -0.1) is 11.6 Å². The summed E-state index contributed by atoms with van der Waals surface area (Å²) in [5.74, 6) is 0.624. The zero-order chi connectivity index (χ0) is 14.4. The molecule has 21 heavy (non-hydrogen) atoms. The molecule has 0 amide bonds. The van der Waals surface area contributed by atoms with Crippen molar-refractivity contribution in [1.29, 1.82) is 0 Å². The molecule has 0 aliphatic heterocycles. The minimum atomic E-state index is 0.624. The quantitative estimate of drug-likeness (QED) is 0.626. The summed E-state index contributed by atoms with van der Waals surface area (Å²) >= 11 is 12.1. The Kier molecular flexibility index (Phi) is 3.32. The van der Waals surface area contributed by atoms with Gasteiger partial charge < -0.3 is 0 Å². The molecule has 2 aromatic carbocycles. The van der Waals surface area contributed by atoms with Crippen molar-refractivity contribution in [1.82, 2.24) is 0 Å². The summed E-state index contributed by atoms with van der Waals surface area (Å²) in [6.45, 7) is 0. The maximum Gasteiger partial charge on any atom is 0.0440 e. The maximum atomic E-state index is 6.06. The van der Waals surface area contributed by atoms with E-state index >= 15 is 0 Å². The van der Waals surface area contributed by atoms with Crippen LogP contribution in [0.4, 0.5) is 0 Å². The third-order valence-electron chi connectivity index (χ3n) is 4.60. The summed E-state index contributed by atoms with van der Waals surface area (Å²) in [5, 5.41) is 0.792. The fourth-order valence-corrected chi connectivity index (χ4v) is 3.96. The summed E-state index contributed by atoms with van der Waals surface area (Å²) in [6.07, 6.45) is 6.96. The Morgan fingerprint density at radius 1 is 1.00 bits per heavy atom. The van der Waals surface area contributed by atoms with Gasteiger partial charge in [0.25, 0.3) is 0 Å². The summed E-state index contributed by atoms with van der Waals surface area (Å²) in [7, 11) is 0. The number of alkyl halides is 1. The maximum absolute atomic E-state index is 6.06. The van der Waals surface area contributed by atoms with Crippen LogP contribution in [0, 0.1) is 0 Å². The minimum absolute atomic E-state index is 0.624. The summed E-state index contributed by atoms with van der Waals surface area (Å²) < 4.78 is 0. The van der Waals surface area contributed by atoms with Gasteiger partial charge in [-0.1, -0.05) is 41.4 Å². The van der Waals surface area contributed by atoms with E-state index in [0.717, 1.165) is 11.4 Å². The highest BCUT2D eigenvalue weighted by molar-refractivity contribution is 6.30. The van der Waals surface area contributed by atoms with Gasteiger partial charge in [0.2, 0.25) is 0 Å². The Labute approximate surface area is 135 Å². The number of benzene rings is 2. The predicted octanol–water partition coefficient (Wildman–Crippen LogP) is 5.67. The van der Waals surface area contributed by atoms with E-state index in [1.165, 1.54) is 58.2 Å². The van der Waals surface area contributed by atoms with E-state index in [1.807, 2.05) is 12.1 Å². The van der Waals surface area contributed by atoms with Crippen LogP contribution in [0.5, 0.6) is 0 Å². The van der Waals surface area contributed by atoms with Crippen LogP contribution in [-0.2, 0) is 19.3 Å². The first-order chi connectivity index (χ1) is 10.3. The zero-order valence-corrected chi connectivity index (χ0v) is 13.3. The third kappa shape index (κ3) is 2.22. The average Bonchev–Trinajstić information content (AvgIpc) is 3.11.